The van der Waals surface area contributed by atoms with Crippen molar-refractivity contribution < 1.29 is 4.74 Å². The van der Waals surface area contributed by atoms with E-state index in [0.717, 1.165) is 6.61 Å². The molecule has 0 aliphatic heterocycles. The van der Waals surface area contributed by atoms with Gasteiger partial charge in [-0.05, 0) is 36.3 Å². The van der Waals surface area contributed by atoms with Gasteiger partial charge in [0, 0.05) is 0 Å². The average molecular weight is 232 g/mol. The van der Waals surface area contributed by atoms with E-state index in [0.29, 0.717) is 12.0 Å². The summed E-state index contributed by atoms with van der Waals surface area (Å²) in [5.74, 6) is 0.666. The zero-order chi connectivity index (χ0) is 12.1. The topological polar surface area (TPSA) is 9.23 Å². The van der Waals surface area contributed by atoms with Gasteiger partial charge in [-0.2, -0.15) is 0 Å². The maximum Gasteiger partial charge on any atom is 0.0720 e. The quantitative estimate of drug-likeness (QED) is 0.717. The van der Waals surface area contributed by atoms with Gasteiger partial charge in [0.2, 0.25) is 0 Å². The Morgan fingerprint density at radius 2 is 1.82 bits per heavy atom. The van der Waals surface area contributed by atoms with Crippen LogP contribution in [0.2, 0.25) is 0 Å². The minimum Gasteiger partial charge on any atom is -0.374 e. The first kappa shape index (κ1) is 12.6. The Morgan fingerprint density at radius 1 is 1.18 bits per heavy atom. The van der Waals surface area contributed by atoms with Crippen molar-refractivity contribution in [2.24, 2.45) is 0 Å². The molecule has 0 radical (unpaired) electrons. The van der Waals surface area contributed by atoms with Gasteiger partial charge in [0.25, 0.3) is 0 Å². The zero-order valence-corrected chi connectivity index (χ0v) is 11.1. The van der Waals surface area contributed by atoms with Crippen molar-refractivity contribution in [3.8, 4) is 0 Å². The smallest absolute Gasteiger partial charge is 0.0720 e. The largest absolute Gasteiger partial charge is 0.374 e. The molecule has 17 heavy (non-hydrogen) atoms. The monoisotopic (exact) mass is 232 g/mol. The summed E-state index contributed by atoms with van der Waals surface area (Å²) in [6, 6.07) is 8.94. The van der Waals surface area contributed by atoms with Crippen LogP contribution in [0.15, 0.2) is 24.3 Å². The van der Waals surface area contributed by atoms with Crippen LogP contribution in [-0.2, 0) is 11.3 Å². The van der Waals surface area contributed by atoms with Gasteiger partial charge in [0.1, 0.15) is 0 Å². The van der Waals surface area contributed by atoms with E-state index in [1.54, 1.807) is 0 Å². The number of hydrogen-bond donors (Lipinski definition) is 0. The standard InChI is InChI=1S/C16H24O/c1-3-13(2)15-10-8-14(9-11-15)12-17-16-6-4-5-7-16/h8-11,13,16H,3-7,12H2,1-2H3. The Morgan fingerprint density at radius 3 is 2.41 bits per heavy atom. The predicted octanol–water partition coefficient (Wildman–Crippen LogP) is 4.66. The molecule has 1 saturated carbocycles. The van der Waals surface area contributed by atoms with Crippen LogP contribution in [-0.4, -0.2) is 6.10 Å². The molecule has 1 heteroatoms. The van der Waals surface area contributed by atoms with E-state index in [4.69, 9.17) is 4.74 Å². The lowest BCUT2D eigenvalue weighted by molar-refractivity contribution is 0.0457. The van der Waals surface area contributed by atoms with E-state index in [2.05, 4.69) is 38.1 Å². The Labute approximate surface area is 105 Å². The molecule has 94 valence electrons. The summed E-state index contributed by atoms with van der Waals surface area (Å²) in [5, 5.41) is 0. The summed E-state index contributed by atoms with van der Waals surface area (Å²) in [6.07, 6.45) is 6.92. The molecule has 1 fully saturated rings. The fourth-order valence-corrected chi connectivity index (χ4v) is 2.45. The molecule has 2 rings (SSSR count). The van der Waals surface area contributed by atoms with E-state index in [9.17, 15) is 0 Å². The molecule has 1 atom stereocenters. The van der Waals surface area contributed by atoms with E-state index < -0.39 is 0 Å². The second-order valence-corrected chi connectivity index (χ2v) is 5.27. The van der Waals surface area contributed by atoms with Gasteiger partial charge >= 0.3 is 0 Å². The average Bonchev–Trinajstić information content (AvgIpc) is 2.89. The lowest BCUT2D eigenvalue weighted by Gasteiger charge is -2.12. The highest BCUT2D eigenvalue weighted by atomic mass is 16.5. The first-order valence-electron chi connectivity index (χ1n) is 7.00. The van der Waals surface area contributed by atoms with Crippen LogP contribution in [0, 0.1) is 0 Å². The van der Waals surface area contributed by atoms with Crippen LogP contribution in [0.5, 0.6) is 0 Å². The highest BCUT2D eigenvalue weighted by Gasteiger charge is 2.15. The Kier molecular flexibility index (Phi) is 4.61. The summed E-state index contributed by atoms with van der Waals surface area (Å²) < 4.78 is 5.92. The van der Waals surface area contributed by atoms with Crippen LogP contribution in [0.4, 0.5) is 0 Å². The minimum atomic E-state index is 0.518. The minimum absolute atomic E-state index is 0.518. The summed E-state index contributed by atoms with van der Waals surface area (Å²) >= 11 is 0. The van der Waals surface area contributed by atoms with Crippen LogP contribution in [0.3, 0.4) is 0 Å². The van der Waals surface area contributed by atoms with Gasteiger partial charge in [-0.25, -0.2) is 0 Å². The lowest BCUT2D eigenvalue weighted by Crippen LogP contribution is -2.07. The summed E-state index contributed by atoms with van der Waals surface area (Å²) in [5.41, 5.74) is 2.75. The third-order valence-electron chi connectivity index (χ3n) is 3.95. The molecule has 1 aromatic carbocycles. The first-order chi connectivity index (χ1) is 8.29. The number of ether oxygens (including phenoxy) is 1. The molecule has 0 saturated heterocycles. The first-order valence-corrected chi connectivity index (χ1v) is 7.00. The number of benzene rings is 1. The maximum absolute atomic E-state index is 5.92. The van der Waals surface area contributed by atoms with Crippen molar-refractivity contribution >= 4 is 0 Å². The number of rotatable bonds is 5. The lowest BCUT2D eigenvalue weighted by atomic mass is 9.98. The van der Waals surface area contributed by atoms with E-state index in [-0.39, 0.29) is 0 Å². The molecule has 1 unspecified atom stereocenters. The highest BCUT2D eigenvalue weighted by molar-refractivity contribution is 5.24. The molecule has 0 spiro atoms. The Bertz CT molecular complexity index is 322. The molecule has 0 aromatic heterocycles. The molecule has 0 heterocycles. The third kappa shape index (κ3) is 3.57. The second kappa shape index (κ2) is 6.20. The van der Waals surface area contributed by atoms with Gasteiger partial charge in [-0.15, -0.1) is 0 Å². The van der Waals surface area contributed by atoms with Gasteiger partial charge < -0.3 is 4.74 Å². The summed E-state index contributed by atoms with van der Waals surface area (Å²) in [7, 11) is 0. The molecule has 1 nitrogen and oxygen atoms in total. The van der Waals surface area contributed by atoms with Crippen molar-refractivity contribution in [2.75, 3.05) is 0 Å². The molecule has 0 N–H and O–H groups in total. The van der Waals surface area contributed by atoms with Gasteiger partial charge in [0.05, 0.1) is 12.7 Å². The van der Waals surface area contributed by atoms with Gasteiger partial charge in [-0.1, -0.05) is 51.0 Å². The normalized spacial score (nSPS) is 18.5. The van der Waals surface area contributed by atoms with Crippen LogP contribution >= 0.6 is 0 Å². The summed E-state index contributed by atoms with van der Waals surface area (Å²) in [4.78, 5) is 0. The SMILES string of the molecule is CCC(C)c1ccc(COC2CCCC2)cc1. The van der Waals surface area contributed by atoms with Crippen molar-refractivity contribution in [3.05, 3.63) is 35.4 Å². The predicted molar refractivity (Wildman–Crippen MR) is 72.2 cm³/mol. The number of hydrogen-bond acceptors (Lipinski definition) is 1. The van der Waals surface area contributed by atoms with E-state index in [1.165, 1.54) is 43.2 Å². The van der Waals surface area contributed by atoms with E-state index in [1.807, 2.05) is 0 Å². The second-order valence-electron chi connectivity index (χ2n) is 5.27. The van der Waals surface area contributed by atoms with Gasteiger partial charge in [-0.3, -0.25) is 0 Å². The highest BCUT2D eigenvalue weighted by Crippen LogP contribution is 2.23. The van der Waals surface area contributed by atoms with Crippen molar-refractivity contribution in [3.63, 3.8) is 0 Å². The van der Waals surface area contributed by atoms with Crippen LogP contribution in [0.25, 0.3) is 0 Å². The summed E-state index contributed by atoms with van der Waals surface area (Å²) in [6.45, 7) is 5.30. The molecular formula is C16H24O. The molecule has 1 aromatic rings. The van der Waals surface area contributed by atoms with Gasteiger partial charge in [0.15, 0.2) is 0 Å². The molecule has 1 aliphatic rings. The molecule has 0 amide bonds. The van der Waals surface area contributed by atoms with Crippen molar-refractivity contribution in [1.29, 1.82) is 0 Å². The Hall–Kier alpha value is -0.820. The molecular weight excluding hydrogens is 208 g/mol. The van der Waals surface area contributed by atoms with Crippen molar-refractivity contribution in [1.82, 2.24) is 0 Å². The third-order valence-corrected chi connectivity index (χ3v) is 3.95. The molecule has 0 bridgehead atoms. The van der Waals surface area contributed by atoms with Crippen molar-refractivity contribution in [2.45, 2.75) is 64.6 Å². The van der Waals surface area contributed by atoms with Crippen LogP contribution < -0.4 is 0 Å². The van der Waals surface area contributed by atoms with Crippen LogP contribution in [0.1, 0.15) is 63.0 Å². The molecule has 1 aliphatic carbocycles. The maximum atomic E-state index is 5.92. The Balaban J connectivity index is 1.84. The fourth-order valence-electron chi connectivity index (χ4n) is 2.45. The zero-order valence-electron chi connectivity index (χ0n) is 11.1. The fraction of sp³-hybridized carbons (Fsp3) is 0.625. The van der Waals surface area contributed by atoms with E-state index >= 15 is 0 Å².